The molecule has 0 bridgehead atoms. The van der Waals surface area contributed by atoms with Crippen molar-refractivity contribution in [2.24, 2.45) is 5.92 Å². The van der Waals surface area contributed by atoms with Crippen molar-refractivity contribution in [3.8, 4) is 5.75 Å². The lowest BCUT2D eigenvalue weighted by molar-refractivity contribution is -0.119. The maximum Gasteiger partial charge on any atom is 0.220 e. The van der Waals surface area contributed by atoms with Gasteiger partial charge >= 0.3 is 0 Å². The van der Waals surface area contributed by atoms with Gasteiger partial charge in [-0.15, -0.1) is 0 Å². The van der Waals surface area contributed by atoms with Gasteiger partial charge in [-0.25, -0.2) is 0 Å². The van der Waals surface area contributed by atoms with Gasteiger partial charge in [0.2, 0.25) is 5.91 Å². The number of hydrogen-bond acceptors (Lipinski definition) is 5. The first kappa shape index (κ1) is 17.0. The molecule has 0 radical (unpaired) electrons. The first-order valence-corrected chi connectivity index (χ1v) is 8.36. The zero-order chi connectivity index (χ0) is 17.8. The summed E-state index contributed by atoms with van der Waals surface area (Å²) in [6.45, 7) is 2.46. The van der Waals surface area contributed by atoms with Crippen LogP contribution in [0.1, 0.15) is 30.9 Å². The van der Waals surface area contributed by atoms with Crippen LogP contribution in [0, 0.1) is 11.3 Å². The third-order valence-electron chi connectivity index (χ3n) is 4.60. The molecule has 3 N–H and O–H groups in total. The number of amides is 1. The van der Waals surface area contributed by atoms with E-state index in [1.807, 2.05) is 18.2 Å². The van der Waals surface area contributed by atoms with Gasteiger partial charge in [-0.3, -0.25) is 9.59 Å². The summed E-state index contributed by atoms with van der Waals surface area (Å²) < 4.78 is 6.03. The van der Waals surface area contributed by atoms with Gasteiger partial charge in [0.1, 0.15) is 12.4 Å². The van der Waals surface area contributed by atoms with Crippen molar-refractivity contribution in [2.45, 2.75) is 25.8 Å². The van der Waals surface area contributed by atoms with E-state index in [-0.39, 0.29) is 17.9 Å². The van der Waals surface area contributed by atoms with Gasteiger partial charge in [-0.1, -0.05) is 25.5 Å². The smallest absolute Gasteiger partial charge is 0.220 e. The molecule has 1 amide bonds. The minimum Gasteiger partial charge on any atom is -0.491 e. The number of nitrogens with one attached hydrogen (secondary N) is 3. The monoisotopic (exact) mass is 339 g/mol. The van der Waals surface area contributed by atoms with Crippen molar-refractivity contribution in [2.75, 3.05) is 6.61 Å². The van der Waals surface area contributed by atoms with Gasteiger partial charge in [0.25, 0.3) is 0 Å². The van der Waals surface area contributed by atoms with Crippen molar-refractivity contribution >= 4 is 30.2 Å². The van der Waals surface area contributed by atoms with E-state index in [1.165, 1.54) is 6.21 Å². The first-order valence-electron chi connectivity index (χ1n) is 8.36. The van der Waals surface area contributed by atoms with Crippen molar-refractivity contribution in [3.05, 3.63) is 41.1 Å². The predicted octanol–water partition coefficient (Wildman–Crippen LogP) is 2.11. The van der Waals surface area contributed by atoms with Crippen LogP contribution < -0.4 is 15.4 Å². The lowest BCUT2D eigenvalue weighted by atomic mass is 9.97. The van der Waals surface area contributed by atoms with Crippen molar-refractivity contribution in [1.82, 2.24) is 10.6 Å². The topological polar surface area (TPSA) is 91.3 Å². The summed E-state index contributed by atoms with van der Waals surface area (Å²) in [5.41, 5.74) is 2.75. The Morgan fingerprint density at radius 3 is 2.96 bits per heavy atom. The molecule has 6 nitrogen and oxygen atoms in total. The molecule has 0 aliphatic carbocycles. The van der Waals surface area contributed by atoms with Crippen LogP contribution in [-0.4, -0.2) is 31.1 Å². The summed E-state index contributed by atoms with van der Waals surface area (Å²) in [7, 11) is 0. The maximum atomic E-state index is 11.6. The number of carbonyl (C=O) groups is 2. The fourth-order valence-corrected chi connectivity index (χ4v) is 3.32. The van der Waals surface area contributed by atoms with E-state index in [4.69, 9.17) is 10.1 Å². The molecule has 2 heterocycles. The maximum absolute atomic E-state index is 11.6. The summed E-state index contributed by atoms with van der Waals surface area (Å²) in [6.07, 6.45) is 6.72. The molecule has 0 spiro atoms. The van der Waals surface area contributed by atoms with Gasteiger partial charge in [-0.2, -0.15) is 0 Å². The number of carbonyl (C=O) groups excluding carboxylic acids is 2. The molecule has 2 unspecified atom stereocenters. The largest absolute Gasteiger partial charge is 0.491 e. The quantitative estimate of drug-likeness (QED) is 0.547. The van der Waals surface area contributed by atoms with E-state index in [0.29, 0.717) is 30.2 Å². The van der Waals surface area contributed by atoms with Gasteiger partial charge in [-0.05, 0) is 29.7 Å². The summed E-state index contributed by atoms with van der Waals surface area (Å²) in [5, 5.41) is 13.3. The van der Waals surface area contributed by atoms with Crippen LogP contribution in [0.25, 0.3) is 11.8 Å². The molecule has 25 heavy (non-hydrogen) atoms. The Kier molecular flexibility index (Phi) is 4.97. The molecule has 130 valence electrons. The SMILES string of the molecule is CCC1CC(=O)NC1COc1cccc2c1/C(=C/C=N)NC(C=O)=C2. The molecule has 0 aromatic heterocycles. The number of aldehydes is 1. The van der Waals surface area contributed by atoms with Gasteiger partial charge in [0.05, 0.1) is 17.4 Å². The lowest BCUT2D eigenvalue weighted by Gasteiger charge is -2.24. The Bertz CT molecular complexity index is 767. The molecule has 2 aliphatic heterocycles. The highest BCUT2D eigenvalue weighted by Crippen LogP contribution is 2.33. The number of allylic oxidation sites excluding steroid dienone is 2. The first-order chi connectivity index (χ1) is 12.2. The van der Waals surface area contributed by atoms with Crippen molar-refractivity contribution in [3.63, 3.8) is 0 Å². The molecule has 1 aromatic rings. The summed E-state index contributed by atoms with van der Waals surface area (Å²) in [5.74, 6) is 1.01. The summed E-state index contributed by atoms with van der Waals surface area (Å²) in [4.78, 5) is 22.7. The van der Waals surface area contributed by atoms with E-state index in [2.05, 4.69) is 17.6 Å². The zero-order valence-corrected chi connectivity index (χ0v) is 14.0. The molecule has 1 aromatic carbocycles. The fraction of sp³-hybridized carbons (Fsp3) is 0.316. The highest BCUT2D eigenvalue weighted by atomic mass is 16.5. The van der Waals surface area contributed by atoms with Crippen LogP contribution in [0.15, 0.2) is 30.0 Å². The molecular formula is C19H21N3O3. The normalized spacial score (nSPS) is 23.3. The number of benzene rings is 1. The molecular weight excluding hydrogens is 318 g/mol. The van der Waals surface area contributed by atoms with Gasteiger partial charge in [0.15, 0.2) is 6.29 Å². The van der Waals surface area contributed by atoms with Gasteiger partial charge < -0.3 is 20.8 Å². The minimum absolute atomic E-state index is 0.00107. The third-order valence-corrected chi connectivity index (χ3v) is 4.60. The second-order valence-electron chi connectivity index (χ2n) is 6.17. The Labute approximate surface area is 146 Å². The number of fused-ring (bicyclic) bond motifs is 1. The molecule has 6 heteroatoms. The van der Waals surface area contributed by atoms with E-state index < -0.39 is 0 Å². The molecule has 0 saturated carbocycles. The minimum atomic E-state index is 0.00107. The van der Waals surface area contributed by atoms with E-state index in [9.17, 15) is 9.59 Å². The fourth-order valence-electron chi connectivity index (χ4n) is 3.32. The van der Waals surface area contributed by atoms with Crippen LogP contribution in [0.5, 0.6) is 5.75 Å². The zero-order valence-electron chi connectivity index (χ0n) is 14.0. The Hall–Kier alpha value is -2.89. The van der Waals surface area contributed by atoms with Crippen LogP contribution in [-0.2, 0) is 9.59 Å². The third kappa shape index (κ3) is 3.47. The van der Waals surface area contributed by atoms with Crippen LogP contribution in [0.4, 0.5) is 0 Å². The molecule has 2 atom stereocenters. The van der Waals surface area contributed by atoms with E-state index in [1.54, 1.807) is 12.2 Å². The van der Waals surface area contributed by atoms with Crippen LogP contribution >= 0.6 is 0 Å². The van der Waals surface area contributed by atoms with E-state index >= 15 is 0 Å². The molecule has 3 rings (SSSR count). The van der Waals surface area contributed by atoms with Crippen LogP contribution in [0.3, 0.4) is 0 Å². The number of hydrogen-bond donors (Lipinski definition) is 3. The molecule has 1 saturated heterocycles. The lowest BCUT2D eigenvalue weighted by Crippen LogP contribution is -2.35. The Morgan fingerprint density at radius 1 is 1.40 bits per heavy atom. The molecule has 1 fully saturated rings. The van der Waals surface area contributed by atoms with Gasteiger partial charge in [0, 0.05) is 18.2 Å². The highest BCUT2D eigenvalue weighted by molar-refractivity contribution is 5.95. The second-order valence-corrected chi connectivity index (χ2v) is 6.17. The van der Waals surface area contributed by atoms with Crippen LogP contribution in [0.2, 0.25) is 0 Å². The average Bonchev–Trinajstić information content (AvgIpc) is 2.99. The summed E-state index contributed by atoms with van der Waals surface area (Å²) >= 11 is 0. The van der Waals surface area contributed by atoms with E-state index in [0.717, 1.165) is 23.8 Å². The van der Waals surface area contributed by atoms with Crippen molar-refractivity contribution in [1.29, 1.82) is 5.41 Å². The Morgan fingerprint density at radius 2 is 2.24 bits per heavy atom. The highest BCUT2D eigenvalue weighted by Gasteiger charge is 2.31. The number of rotatable bonds is 6. The molecule has 2 aliphatic rings. The average molecular weight is 339 g/mol. The number of ether oxygens (including phenoxy) is 1. The predicted molar refractivity (Wildman–Crippen MR) is 96.2 cm³/mol. The second kappa shape index (κ2) is 7.34. The summed E-state index contributed by atoms with van der Waals surface area (Å²) in [6, 6.07) is 5.62. The Balaban J connectivity index is 1.87. The van der Waals surface area contributed by atoms with Crippen molar-refractivity contribution < 1.29 is 14.3 Å². The standard InChI is InChI=1S/C19H21N3O3/c1-2-12-9-18(24)22-16(12)11-25-17-5-3-4-13-8-14(10-23)21-15(6-7-20)19(13)17/h3-8,10,12,16,20-21H,2,9,11H2,1H3,(H,22,24)/b15-6-,20-7?.